The Hall–Kier alpha value is -2.41. The lowest BCUT2D eigenvalue weighted by Crippen LogP contribution is -2.37. The number of carbonyl (C=O) groups excluding carboxylic acids is 2. The molecule has 1 saturated heterocycles. The number of nitrogens with one attached hydrogen (secondary N) is 1. The van der Waals surface area contributed by atoms with Crippen molar-refractivity contribution in [3.63, 3.8) is 0 Å². The standard InChI is InChI=1S/C14H17N3O4/c15-11(8-13(19)20)14(21)16-9-3-1-4-10(7-9)17-6-2-5-12(17)18/h1,3-4,7,11H,2,5-6,8,15H2,(H,16,21)(H,19,20). The molecule has 1 atom stereocenters. The van der Waals surface area contributed by atoms with E-state index in [-0.39, 0.29) is 5.91 Å². The molecular formula is C14H17N3O4. The molecule has 1 unspecified atom stereocenters. The smallest absolute Gasteiger partial charge is 0.305 e. The van der Waals surface area contributed by atoms with Crippen molar-refractivity contribution in [2.45, 2.75) is 25.3 Å². The SMILES string of the molecule is NC(CC(=O)O)C(=O)Nc1cccc(N2CCCC2=O)c1. The van der Waals surface area contributed by atoms with E-state index in [1.807, 2.05) is 0 Å². The van der Waals surface area contributed by atoms with Crippen molar-refractivity contribution in [2.75, 3.05) is 16.8 Å². The Morgan fingerprint density at radius 1 is 1.43 bits per heavy atom. The summed E-state index contributed by atoms with van der Waals surface area (Å²) in [6, 6.07) is 5.74. The Morgan fingerprint density at radius 2 is 2.19 bits per heavy atom. The van der Waals surface area contributed by atoms with Gasteiger partial charge in [-0.2, -0.15) is 0 Å². The Bertz CT molecular complexity index is 573. The quantitative estimate of drug-likeness (QED) is 0.733. The van der Waals surface area contributed by atoms with Crippen molar-refractivity contribution in [1.29, 1.82) is 0 Å². The number of nitrogens with two attached hydrogens (primary N) is 1. The summed E-state index contributed by atoms with van der Waals surface area (Å²) in [5.74, 6) is -1.64. The maximum absolute atomic E-state index is 11.8. The average Bonchev–Trinajstić information content (AvgIpc) is 2.84. The molecule has 1 aliphatic rings. The number of carboxylic acid groups (broad SMARTS) is 1. The van der Waals surface area contributed by atoms with E-state index in [1.54, 1.807) is 29.2 Å². The molecule has 7 heteroatoms. The van der Waals surface area contributed by atoms with Crippen LogP contribution in [0, 0.1) is 0 Å². The van der Waals surface area contributed by atoms with E-state index in [0.717, 1.165) is 6.42 Å². The number of aliphatic carboxylic acids is 1. The number of nitrogens with zero attached hydrogens (tertiary/aromatic N) is 1. The van der Waals surface area contributed by atoms with Crippen LogP contribution in [-0.2, 0) is 14.4 Å². The molecule has 0 aliphatic carbocycles. The van der Waals surface area contributed by atoms with Crippen molar-refractivity contribution in [3.8, 4) is 0 Å². The van der Waals surface area contributed by atoms with Gasteiger partial charge in [0.25, 0.3) is 0 Å². The van der Waals surface area contributed by atoms with Gasteiger partial charge in [-0.3, -0.25) is 14.4 Å². The molecule has 0 aromatic heterocycles. The minimum absolute atomic E-state index is 0.0565. The first-order valence-electron chi connectivity index (χ1n) is 6.66. The van der Waals surface area contributed by atoms with Gasteiger partial charge >= 0.3 is 5.97 Å². The molecule has 0 saturated carbocycles. The highest BCUT2D eigenvalue weighted by Crippen LogP contribution is 2.24. The molecule has 7 nitrogen and oxygen atoms in total. The van der Waals surface area contributed by atoms with Gasteiger partial charge < -0.3 is 21.1 Å². The normalized spacial score (nSPS) is 15.9. The molecule has 1 heterocycles. The summed E-state index contributed by atoms with van der Waals surface area (Å²) in [6.07, 6.45) is 0.912. The zero-order chi connectivity index (χ0) is 15.4. The van der Waals surface area contributed by atoms with Crippen LogP contribution in [0.1, 0.15) is 19.3 Å². The maximum atomic E-state index is 11.8. The highest BCUT2D eigenvalue weighted by molar-refractivity contribution is 5.99. The second-order valence-corrected chi connectivity index (χ2v) is 4.89. The third-order valence-electron chi connectivity index (χ3n) is 3.23. The number of benzene rings is 1. The molecule has 2 rings (SSSR count). The number of carboxylic acids is 1. The molecule has 1 aromatic rings. The zero-order valence-corrected chi connectivity index (χ0v) is 11.4. The predicted molar refractivity (Wildman–Crippen MR) is 76.9 cm³/mol. The molecule has 0 bridgehead atoms. The molecular weight excluding hydrogens is 274 g/mol. The van der Waals surface area contributed by atoms with Gasteiger partial charge in [0.15, 0.2) is 0 Å². The van der Waals surface area contributed by atoms with Crippen LogP contribution in [0.3, 0.4) is 0 Å². The molecule has 1 aromatic carbocycles. The van der Waals surface area contributed by atoms with Crippen LogP contribution < -0.4 is 16.0 Å². The van der Waals surface area contributed by atoms with Crippen LogP contribution in [0.4, 0.5) is 11.4 Å². The van der Waals surface area contributed by atoms with E-state index in [0.29, 0.717) is 24.3 Å². The van der Waals surface area contributed by atoms with Crippen LogP contribution in [0.25, 0.3) is 0 Å². The van der Waals surface area contributed by atoms with Gasteiger partial charge in [0.2, 0.25) is 11.8 Å². The largest absolute Gasteiger partial charge is 0.481 e. The molecule has 1 aliphatic heterocycles. The van der Waals surface area contributed by atoms with Gasteiger partial charge in [0, 0.05) is 24.3 Å². The fourth-order valence-corrected chi connectivity index (χ4v) is 2.19. The van der Waals surface area contributed by atoms with E-state index in [2.05, 4.69) is 5.32 Å². The topological polar surface area (TPSA) is 113 Å². The zero-order valence-electron chi connectivity index (χ0n) is 11.4. The summed E-state index contributed by atoms with van der Waals surface area (Å²) in [4.78, 5) is 35.6. The van der Waals surface area contributed by atoms with Crippen molar-refractivity contribution < 1.29 is 19.5 Å². The van der Waals surface area contributed by atoms with Crippen LogP contribution in [0.2, 0.25) is 0 Å². The molecule has 112 valence electrons. The number of carbonyl (C=O) groups is 3. The summed E-state index contributed by atoms with van der Waals surface area (Å²) in [5, 5.41) is 11.2. The lowest BCUT2D eigenvalue weighted by Gasteiger charge is -2.17. The van der Waals surface area contributed by atoms with E-state index in [4.69, 9.17) is 10.8 Å². The summed E-state index contributed by atoms with van der Waals surface area (Å²) in [7, 11) is 0. The molecule has 21 heavy (non-hydrogen) atoms. The van der Waals surface area contributed by atoms with Crippen molar-refractivity contribution >= 4 is 29.2 Å². The summed E-state index contributed by atoms with van der Waals surface area (Å²) < 4.78 is 0. The van der Waals surface area contributed by atoms with E-state index < -0.39 is 24.3 Å². The molecule has 0 spiro atoms. The van der Waals surface area contributed by atoms with Crippen LogP contribution in [0.15, 0.2) is 24.3 Å². The molecule has 4 N–H and O–H groups in total. The highest BCUT2D eigenvalue weighted by Gasteiger charge is 2.22. The lowest BCUT2D eigenvalue weighted by atomic mass is 10.2. The van der Waals surface area contributed by atoms with E-state index >= 15 is 0 Å². The van der Waals surface area contributed by atoms with Crippen LogP contribution in [-0.4, -0.2) is 35.5 Å². The predicted octanol–water partition coefficient (Wildman–Crippen LogP) is 0.554. The third kappa shape index (κ3) is 3.79. The Morgan fingerprint density at radius 3 is 2.81 bits per heavy atom. The van der Waals surface area contributed by atoms with Crippen molar-refractivity contribution in [3.05, 3.63) is 24.3 Å². The molecule has 2 amide bonds. The minimum Gasteiger partial charge on any atom is -0.481 e. The monoisotopic (exact) mass is 291 g/mol. The number of amides is 2. The summed E-state index contributed by atoms with van der Waals surface area (Å²) >= 11 is 0. The van der Waals surface area contributed by atoms with Gasteiger partial charge in [-0.15, -0.1) is 0 Å². The number of anilines is 2. The first-order chi connectivity index (χ1) is 9.97. The van der Waals surface area contributed by atoms with Crippen LogP contribution in [0.5, 0.6) is 0 Å². The Balaban J connectivity index is 2.06. The number of hydrogen-bond donors (Lipinski definition) is 3. The summed E-state index contributed by atoms with van der Waals surface area (Å²) in [5.41, 5.74) is 6.69. The highest BCUT2D eigenvalue weighted by atomic mass is 16.4. The minimum atomic E-state index is -1.13. The molecule has 1 fully saturated rings. The van der Waals surface area contributed by atoms with Gasteiger partial charge in [-0.1, -0.05) is 6.07 Å². The van der Waals surface area contributed by atoms with Crippen LogP contribution >= 0.6 is 0 Å². The second-order valence-electron chi connectivity index (χ2n) is 4.89. The third-order valence-corrected chi connectivity index (χ3v) is 3.23. The van der Waals surface area contributed by atoms with Gasteiger partial charge in [-0.05, 0) is 24.6 Å². The van der Waals surface area contributed by atoms with E-state index in [1.165, 1.54) is 0 Å². The average molecular weight is 291 g/mol. The van der Waals surface area contributed by atoms with Gasteiger partial charge in [-0.25, -0.2) is 0 Å². The Labute approximate surface area is 121 Å². The summed E-state index contributed by atoms with van der Waals surface area (Å²) in [6.45, 7) is 0.661. The first kappa shape index (κ1) is 15.0. The number of rotatable bonds is 5. The van der Waals surface area contributed by atoms with E-state index in [9.17, 15) is 14.4 Å². The lowest BCUT2D eigenvalue weighted by molar-refractivity contribution is -0.138. The first-order valence-corrected chi connectivity index (χ1v) is 6.66. The van der Waals surface area contributed by atoms with Crippen molar-refractivity contribution in [1.82, 2.24) is 0 Å². The van der Waals surface area contributed by atoms with Gasteiger partial charge in [0.05, 0.1) is 12.5 Å². The van der Waals surface area contributed by atoms with Gasteiger partial charge in [0.1, 0.15) is 0 Å². The fourth-order valence-electron chi connectivity index (χ4n) is 2.19. The van der Waals surface area contributed by atoms with Crippen molar-refractivity contribution in [2.24, 2.45) is 5.73 Å². The number of hydrogen-bond acceptors (Lipinski definition) is 4. The maximum Gasteiger partial charge on any atom is 0.305 e. The second kappa shape index (κ2) is 6.36. The molecule has 0 radical (unpaired) electrons. The fraction of sp³-hybridized carbons (Fsp3) is 0.357. The Kier molecular flexibility index (Phi) is 4.54.